The van der Waals surface area contributed by atoms with Gasteiger partial charge in [-0.1, -0.05) is 12.2 Å². The third-order valence-corrected chi connectivity index (χ3v) is 2.05. The van der Waals surface area contributed by atoms with Crippen LogP contribution in [0.15, 0.2) is 29.2 Å². The fraction of sp³-hybridized carbons (Fsp3) is 0.375. The summed E-state index contributed by atoms with van der Waals surface area (Å²) in [6.07, 6.45) is 8.95. The van der Waals surface area contributed by atoms with Crippen molar-refractivity contribution >= 4 is 0 Å². The molecule has 0 amide bonds. The largest absolute Gasteiger partial charge is 0.447 e. The highest BCUT2D eigenvalue weighted by Gasteiger charge is 2.31. The molecule has 0 unspecified atom stereocenters. The van der Waals surface area contributed by atoms with E-state index in [0.29, 0.717) is 0 Å². The first kappa shape index (κ1) is 6.61. The van der Waals surface area contributed by atoms with Gasteiger partial charge in [0.1, 0.15) is 5.76 Å². The maximum Gasteiger partial charge on any atom is 0.180 e. The van der Waals surface area contributed by atoms with Crippen LogP contribution in [0, 0.1) is 0 Å². The third-order valence-electron chi connectivity index (χ3n) is 2.05. The highest BCUT2D eigenvalue weighted by atomic mass is 16.3. The molecule has 0 atom stereocenters. The SMILES string of the molecule is NC1(c2cnco2)CC=CC1. The van der Waals surface area contributed by atoms with Gasteiger partial charge < -0.3 is 10.2 Å². The minimum absolute atomic E-state index is 0.323. The Morgan fingerprint density at radius 2 is 2.18 bits per heavy atom. The second-order valence-electron chi connectivity index (χ2n) is 2.90. The first-order valence-corrected chi connectivity index (χ1v) is 3.64. The molecule has 58 valence electrons. The normalized spacial score (nSPS) is 20.8. The molecule has 0 radical (unpaired) electrons. The van der Waals surface area contributed by atoms with Gasteiger partial charge in [-0.05, 0) is 12.8 Å². The molecule has 0 aromatic carbocycles. The molecule has 0 fully saturated rings. The van der Waals surface area contributed by atoms with E-state index in [1.165, 1.54) is 6.39 Å². The molecule has 0 aliphatic heterocycles. The lowest BCUT2D eigenvalue weighted by Gasteiger charge is -2.19. The van der Waals surface area contributed by atoms with Crippen LogP contribution >= 0.6 is 0 Å². The Labute approximate surface area is 64.9 Å². The van der Waals surface area contributed by atoms with Crippen LogP contribution in [0.2, 0.25) is 0 Å². The Morgan fingerprint density at radius 1 is 1.45 bits per heavy atom. The number of aromatic nitrogens is 1. The molecule has 11 heavy (non-hydrogen) atoms. The van der Waals surface area contributed by atoms with Crippen LogP contribution in [-0.4, -0.2) is 4.98 Å². The van der Waals surface area contributed by atoms with Crippen molar-refractivity contribution in [2.45, 2.75) is 18.4 Å². The Morgan fingerprint density at radius 3 is 2.73 bits per heavy atom. The predicted molar refractivity (Wildman–Crippen MR) is 40.7 cm³/mol. The highest BCUT2D eigenvalue weighted by molar-refractivity contribution is 5.17. The summed E-state index contributed by atoms with van der Waals surface area (Å²) in [5.41, 5.74) is 5.71. The summed E-state index contributed by atoms with van der Waals surface area (Å²) in [5, 5.41) is 0. The van der Waals surface area contributed by atoms with Crippen molar-refractivity contribution in [1.82, 2.24) is 4.98 Å². The zero-order chi connectivity index (χ0) is 7.73. The van der Waals surface area contributed by atoms with Crippen LogP contribution in [-0.2, 0) is 5.54 Å². The molecular formula is C8H10N2O. The quantitative estimate of drug-likeness (QED) is 0.611. The lowest BCUT2D eigenvalue weighted by atomic mass is 9.96. The maximum absolute atomic E-state index is 6.03. The zero-order valence-electron chi connectivity index (χ0n) is 6.16. The van der Waals surface area contributed by atoms with Crippen molar-refractivity contribution in [3.05, 3.63) is 30.5 Å². The predicted octanol–water partition coefficient (Wildman–Crippen LogP) is 1.18. The molecule has 1 aliphatic rings. The standard InChI is InChI=1S/C8H10N2O/c9-8(3-1-2-4-8)7-5-10-6-11-7/h1-2,5-6H,3-4,9H2. The van der Waals surface area contributed by atoms with Crippen molar-refractivity contribution in [2.75, 3.05) is 0 Å². The topological polar surface area (TPSA) is 52.0 Å². The molecule has 0 bridgehead atoms. The summed E-state index contributed by atoms with van der Waals surface area (Å²) in [5.74, 6) is 0.780. The number of nitrogens with zero attached hydrogens (tertiary/aromatic N) is 1. The second-order valence-corrected chi connectivity index (χ2v) is 2.90. The molecule has 0 saturated heterocycles. The Hall–Kier alpha value is -1.09. The number of rotatable bonds is 1. The van der Waals surface area contributed by atoms with Gasteiger partial charge in [-0.2, -0.15) is 0 Å². The molecule has 1 aromatic heterocycles. The van der Waals surface area contributed by atoms with Crippen LogP contribution in [0.5, 0.6) is 0 Å². The van der Waals surface area contributed by atoms with E-state index in [1.807, 2.05) is 0 Å². The van der Waals surface area contributed by atoms with E-state index in [0.717, 1.165) is 18.6 Å². The van der Waals surface area contributed by atoms with Crippen molar-refractivity contribution in [1.29, 1.82) is 0 Å². The Bertz CT molecular complexity index is 256. The van der Waals surface area contributed by atoms with E-state index in [9.17, 15) is 0 Å². The monoisotopic (exact) mass is 150 g/mol. The lowest BCUT2D eigenvalue weighted by Crippen LogP contribution is -2.32. The fourth-order valence-electron chi connectivity index (χ4n) is 1.33. The molecule has 1 heterocycles. The highest BCUT2D eigenvalue weighted by Crippen LogP contribution is 2.30. The van der Waals surface area contributed by atoms with Gasteiger partial charge in [0.05, 0.1) is 11.7 Å². The number of hydrogen-bond acceptors (Lipinski definition) is 3. The summed E-state index contributed by atoms with van der Waals surface area (Å²) in [6.45, 7) is 0. The summed E-state index contributed by atoms with van der Waals surface area (Å²) in [6, 6.07) is 0. The Kier molecular flexibility index (Phi) is 1.32. The van der Waals surface area contributed by atoms with Gasteiger partial charge in [-0.25, -0.2) is 4.98 Å². The van der Waals surface area contributed by atoms with E-state index >= 15 is 0 Å². The van der Waals surface area contributed by atoms with Crippen LogP contribution in [0.3, 0.4) is 0 Å². The average molecular weight is 150 g/mol. The smallest absolute Gasteiger partial charge is 0.180 e. The first-order chi connectivity index (χ1) is 5.31. The van der Waals surface area contributed by atoms with E-state index in [-0.39, 0.29) is 5.54 Å². The zero-order valence-corrected chi connectivity index (χ0v) is 6.16. The Balaban J connectivity index is 2.29. The van der Waals surface area contributed by atoms with Gasteiger partial charge in [-0.3, -0.25) is 0 Å². The maximum atomic E-state index is 6.03. The summed E-state index contributed by atoms with van der Waals surface area (Å²) in [7, 11) is 0. The summed E-state index contributed by atoms with van der Waals surface area (Å²) >= 11 is 0. The average Bonchev–Trinajstić information content (AvgIpc) is 2.55. The van der Waals surface area contributed by atoms with Gasteiger partial charge in [0.15, 0.2) is 6.39 Å². The van der Waals surface area contributed by atoms with E-state index in [1.54, 1.807) is 6.20 Å². The second kappa shape index (κ2) is 2.20. The molecule has 2 N–H and O–H groups in total. The van der Waals surface area contributed by atoms with Gasteiger partial charge in [0.25, 0.3) is 0 Å². The van der Waals surface area contributed by atoms with Gasteiger partial charge in [-0.15, -0.1) is 0 Å². The van der Waals surface area contributed by atoms with Gasteiger partial charge in [0, 0.05) is 0 Å². The molecular weight excluding hydrogens is 140 g/mol. The number of nitrogens with two attached hydrogens (primary N) is 1. The minimum Gasteiger partial charge on any atom is -0.447 e. The third kappa shape index (κ3) is 0.973. The van der Waals surface area contributed by atoms with Gasteiger partial charge >= 0.3 is 0 Å². The van der Waals surface area contributed by atoms with Crippen molar-refractivity contribution in [2.24, 2.45) is 5.73 Å². The van der Waals surface area contributed by atoms with E-state index in [2.05, 4.69) is 17.1 Å². The van der Waals surface area contributed by atoms with Crippen molar-refractivity contribution in [3.63, 3.8) is 0 Å². The molecule has 3 nitrogen and oxygen atoms in total. The fourth-order valence-corrected chi connectivity index (χ4v) is 1.33. The van der Waals surface area contributed by atoms with Gasteiger partial charge in [0.2, 0.25) is 0 Å². The molecule has 1 aromatic rings. The van der Waals surface area contributed by atoms with E-state index in [4.69, 9.17) is 10.2 Å². The van der Waals surface area contributed by atoms with Crippen LogP contribution in [0.25, 0.3) is 0 Å². The minimum atomic E-state index is -0.323. The molecule has 3 heteroatoms. The lowest BCUT2D eigenvalue weighted by molar-refractivity contribution is 0.358. The van der Waals surface area contributed by atoms with Crippen LogP contribution in [0.4, 0.5) is 0 Å². The summed E-state index contributed by atoms with van der Waals surface area (Å²) in [4.78, 5) is 3.84. The number of oxazole rings is 1. The first-order valence-electron chi connectivity index (χ1n) is 3.64. The molecule has 1 aliphatic carbocycles. The van der Waals surface area contributed by atoms with Crippen LogP contribution in [0.1, 0.15) is 18.6 Å². The van der Waals surface area contributed by atoms with Crippen molar-refractivity contribution < 1.29 is 4.42 Å². The molecule has 0 saturated carbocycles. The van der Waals surface area contributed by atoms with Crippen molar-refractivity contribution in [3.8, 4) is 0 Å². The van der Waals surface area contributed by atoms with E-state index < -0.39 is 0 Å². The van der Waals surface area contributed by atoms with Crippen LogP contribution < -0.4 is 5.73 Å². The molecule has 0 spiro atoms. The summed E-state index contributed by atoms with van der Waals surface area (Å²) < 4.78 is 5.14. The number of hydrogen-bond donors (Lipinski definition) is 1. The molecule has 2 rings (SSSR count).